The second kappa shape index (κ2) is 7.54. The van der Waals surface area contributed by atoms with Crippen molar-refractivity contribution in [1.29, 1.82) is 0 Å². The molecule has 0 radical (unpaired) electrons. The summed E-state index contributed by atoms with van der Waals surface area (Å²) in [4.78, 5) is 27.6. The molecule has 1 aromatic carbocycles. The zero-order valence-electron chi connectivity index (χ0n) is 14.7. The lowest BCUT2D eigenvalue weighted by molar-refractivity contribution is -0.117. The van der Waals surface area contributed by atoms with Crippen LogP contribution in [0.1, 0.15) is 29.7 Å². The van der Waals surface area contributed by atoms with Crippen molar-refractivity contribution < 1.29 is 14.0 Å². The molecule has 0 saturated carbocycles. The minimum atomic E-state index is -0.397. The Morgan fingerprint density at radius 3 is 2.93 bits per heavy atom. The predicted octanol–water partition coefficient (Wildman–Crippen LogP) is 3.07. The smallest absolute Gasteiger partial charge is 0.256 e. The molecule has 1 fully saturated rings. The number of carbonyl (C=O) groups is 2. The first-order valence-corrected chi connectivity index (χ1v) is 8.58. The number of anilines is 2. The Balaban J connectivity index is 0.00000210. The minimum absolute atomic E-state index is 0. The Hall–Kier alpha value is -2.64. The number of H-pyrrole nitrogens is 1. The molecule has 3 heterocycles. The Morgan fingerprint density at radius 1 is 1.37 bits per heavy atom. The van der Waals surface area contributed by atoms with Crippen LogP contribution in [0.5, 0.6) is 0 Å². The molecule has 142 valence electrons. The molecule has 2 aliphatic heterocycles. The third kappa shape index (κ3) is 3.61. The average Bonchev–Trinajstić information content (AvgIpc) is 3.32. The third-order valence-electron chi connectivity index (χ3n) is 4.87. The number of nitrogens with one attached hydrogen (secondary N) is 4. The molecule has 2 aliphatic rings. The molecule has 8 heteroatoms. The van der Waals surface area contributed by atoms with Gasteiger partial charge in [0.15, 0.2) is 0 Å². The first kappa shape index (κ1) is 19.1. The van der Waals surface area contributed by atoms with Crippen LogP contribution in [-0.2, 0) is 9.59 Å². The summed E-state index contributed by atoms with van der Waals surface area (Å²) in [6.07, 6.45) is 5.20. The minimum Gasteiger partial charge on any atom is -0.360 e. The Bertz CT molecular complexity index is 932. The maximum atomic E-state index is 13.5. The van der Waals surface area contributed by atoms with Crippen molar-refractivity contribution in [3.8, 4) is 0 Å². The fourth-order valence-electron chi connectivity index (χ4n) is 3.37. The van der Waals surface area contributed by atoms with E-state index in [1.165, 1.54) is 12.1 Å². The summed E-state index contributed by atoms with van der Waals surface area (Å²) >= 11 is 0. The van der Waals surface area contributed by atoms with Crippen LogP contribution < -0.4 is 16.0 Å². The molecule has 1 unspecified atom stereocenters. The van der Waals surface area contributed by atoms with Gasteiger partial charge >= 0.3 is 0 Å². The first-order valence-electron chi connectivity index (χ1n) is 8.58. The average molecular weight is 391 g/mol. The highest BCUT2D eigenvalue weighted by atomic mass is 35.5. The Labute approximate surface area is 162 Å². The van der Waals surface area contributed by atoms with Crippen LogP contribution in [0.3, 0.4) is 0 Å². The number of aromatic amines is 1. The van der Waals surface area contributed by atoms with Crippen molar-refractivity contribution in [1.82, 2.24) is 10.3 Å². The lowest BCUT2D eigenvalue weighted by Gasteiger charge is -2.10. The fourth-order valence-corrected chi connectivity index (χ4v) is 3.37. The number of fused-ring (bicyclic) bond motifs is 1. The second-order valence-electron chi connectivity index (χ2n) is 6.58. The quantitative estimate of drug-likeness (QED) is 0.607. The first-order chi connectivity index (χ1) is 12.5. The summed E-state index contributed by atoms with van der Waals surface area (Å²) < 4.78 is 13.5. The van der Waals surface area contributed by atoms with Gasteiger partial charge in [-0.1, -0.05) is 0 Å². The number of carbonyl (C=O) groups excluding carboxylic acids is 2. The van der Waals surface area contributed by atoms with Crippen LogP contribution >= 0.6 is 12.4 Å². The molecule has 4 N–H and O–H groups in total. The molecule has 0 bridgehead atoms. The van der Waals surface area contributed by atoms with Crippen molar-refractivity contribution in [2.45, 2.75) is 25.8 Å². The molecule has 2 aromatic rings. The zero-order chi connectivity index (χ0) is 18.3. The van der Waals surface area contributed by atoms with Crippen LogP contribution in [0.2, 0.25) is 0 Å². The van der Waals surface area contributed by atoms with Crippen LogP contribution in [0, 0.1) is 12.7 Å². The summed E-state index contributed by atoms with van der Waals surface area (Å²) in [6, 6.07) is 4.03. The van der Waals surface area contributed by atoms with Crippen molar-refractivity contribution in [3.63, 3.8) is 0 Å². The molecule has 6 nitrogen and oxygen atoms in total. The van der Waals surface area contributed by atoms with E-state index in [0.29, 0.717) is 28.2 Å². The van der Waals surface area contributed by atoms with E-state index in [4.69, 9.17) is 0 Å². The topological polar surface area (TPSA) is 86.0 Å². The van der Waals surface area contributed by atoms with Gasteiger partial charge < -0.3 is 20.9 Å². The van der Waals surface area contributed by atoms with E-state index in [-0.39, 0.29) is 30.3 Å². The Kier molecular flexibility index (Phi) is 5.34. The molecule has 2 amide bonds. The van der Waals surface area contributed by atoms with Crippen LogP contribution in [0.25, 0.3) is 11.6 Å². The van der Waals surface area contributed by atoms with Gasteiger partial charge in [-0.3, -0.25) is 9.59 Å². The van der Waals surface area contributed by atoms with Crippen molar-refractivity contribution in [2.75, 3.05) is 17.2 Å². The van der Waals surface area contributed by atoms with Crippen LogP contribution in [0.4, 0.5) is 15.8 Å². The van der Waals surface area contributed by atoms with Crippen LogP contribution in [-0.4, -0.2) is 29.4 Å². The molecular formula is C19H20ClFN4O2. The van der Waals surface area contributed by atoms with Gasteiger partial charge in [-0.05, 0) is 56.1 Å². The highest BCUT2D eigenvalue weighted by molar-refractivity contribution is 6.34. The maximum Gasteiger partial charge on any atom is 0.256 e. The number of hydrogen-bond donors (Lipinski definition) is 4. The van der Waals surface area contributed by atoms with Crippen molar-refractivity contribution in [3.05, 3.63) is 47.0 Å². The third-order valence-corrected chi connectivity index (χ3v) is 4.87. The zero-order valence-corrected chi connectivity index (χ0v) is 15.5. The van der Waals surface area contributed by atoms with E-state index < -0.39 is 5.82 Å². The van der Waals surface area contributed by atoms with Gasteiger partial charge in [0.2, 0.25) is 5.91 Å². The standard InChI is InChI=1S/C19H19FN4O2.ClH/c1-10-16(22-9-17(10)24-19(26)15-3-2-6-21-15)8-13-12-7-11(20)4-5-14(12)23-18(13)25;/h4-5,7-9,15,21-22H,2-3,6H2,1H3,(H,23,25)(H,24,26);1H. The van der Waals surface area contributed by atoms with E-state index >= 15 is 0 Å². The van der Waals surface area contributed by atoms with Gasteiger partial charge in [0.1, 0.15) is 5.82 Å². The Morgan fingerprint density at radius 2 is 2.19 bits per heavy atom. The van der Waals surface area contributed by atoms with Crippen molar-refractivity contribution >= 4 is 47.2 Å². The lowest BCUT2D eigenvalue weighted by atomic mass is 10.0. The maximum absolute atomic E-state index is 13.5. The van der Waals surface area contributed by atoms with Gasteiger partial charge in [-0.25, -0.2) is 4.39 Å². The van der Waals surface area contributed by atoms with Gasteiger partial charge in [0, 0.05) is 23.1 Å². The number of aromatic nitrogens is 1. The summed E-state index contributed by atoms with van der Waals surface area (Å²) in [7, 11) is 0. The molecule has 1 saturated heterocycles. The molecular weight excluding hydrogens is 371 g/mol. The summed E-state index contributed by atoms with van der Waals surface area (Å²) in [5.41, 5.74) is 3.70. The van der Waals surface area contributed by atoms with E-state index in [1.54, 1.807) is 18.3 Å². The SMILES string of the molecule is Cc1c(NC(=O)C2CCCN2)c[nH]c1C=C1C(=O)Nc2ccc(F)cc21.Cl. The second-order valence-corrected chi connectivity index (χ2v) is 6.58. The van der Waals surface area contributed by atoms with Crippen molar-refractivity contribution in [2.24, 2.45) is 0 Å². The number of benzene rings is 1. The van der Waals surface area contributed by atoms with Gasteiger partial charge in [0.25, 0.3) is 5.91 Å². The predicted molar refractivity (Wildman–Crippen MR) is 105 cm³/mol. The van der Waals surface area contributed by atoms with E-state index in [2.05, 4.69) is 20.9 Å². The molecule has 1 aromatic heterocycles. The summed E-state index contributed by atoms with van der Waals surface area (Å²) in [6.45, 7) is 2.71. The number of rotatable bonds is 3. The monoisotopic (exact) mass is 390 g/mol. The van der Waals surface area contributed by atoms with Gasteiger partial charge in [0.05, 0.1) is 17.3 Å². The van der Waals surface area contributed by atoms with E-state index in [1.807, 2.05) is 6.92 Å². The molecule has 4 rings (SSSR count). The number of halogens is 2. The number of amides is 2. The largest absolute Gasteiger partial charge is 0.360 e. The molecule has 0 aliphatic carbocycles. The highest BCUT2D eigenvalue weighted by Gasteiger charge is 2.26. The molecule has 0 spiro atoms. The normalized spacial score (nSPS) is 19.6. The fraction of sp³-hybridized carbons (Fsp3) is 0.263. The van der Waals surface area contributed by atoms with Crippen LogP contribution in [0.15, 0.2) is 24.4 Å². The van der Waals surface area contributed by atoms with Gasteiger partial charge in [-0.2, -0.15) is 0 Å². The molecule has 1 atom stereocenters. The van der Waals surface area contributed by atoms with Gasteiger partial charge in [-0.15, -0.1) is 12.4 Å². The summed E-state index contributed by atoms with van der Waals surface area (Å²) in [5.74, 6) is -0.735. The highest BCUT2D eigenvalue weighted by Crippen LogP contribution is 2.34. The lowest BCUT2D eigenvalue weighted by Crippen LogP contribution is -2.35. The number of hydrogen-bond acceptors (Lipinski definition) is 3. The van der Waals surface area contributed by atoms with E-state index in [9.17, 15) is 14.0 Å². The molecule has 27 heavy (non-hydrogen) atoms. The van der Waals surface area contributed by atoms with E-state index in [0.717, 1.165) is 24.9 Å². The summed E-state index contributed by atoms with van der Waals surface area (Å²) in [5, 5.41) is 8.80.